The lowest BCUT2D eigenvalue weighted by atomic mass is 10.2. The van der Waals surface area contributed by atoms with Crippen molar-refractivity contribution in [3.63, 3.8) is 0 Å². The Morgan fingerprint density at radius 1 is 1.12 bits per heavy atom. The van der Waals surface area contributed by atoms with Crippen LogP contribution in [0.5, 0.6) is 0 Å². The van der Waals surface area contributed by atoms with Crippen LogP contribution in [0.1, 0.15) is 4.88 Å². The van der Waals surface area contributed by atoms with Crippen LogP contribution in [0.2, 0.25) is 0 Å². The maximum atomic E-state index is 3.58. The molecule has 3 rings (SSSR count). The van der Waals surface area contributed by atoms with Gasteiger partial charge in [0, 0.05) is 26.4 Å². The van der Waals surface area contributed by atoms with Gasteiger partial charge in [0.05, 0.1) is 6.54 Å². The average molecular weight is 292 g/mol. The van der Waals surface area contributed by atoms with Crippen molar-refractivity contribution in [1.82, 2.24) is 4.57 Å². The number of rotatable bonds is 2. The van der Waals surface area contributed by atoms with E-state index in [0.717, 1.165) is 11.0 Å². The molecule has 0 aliphatic heterocycles. The smallest absolute Gasteiger partial charge is 0.0569 e. The second kappa shape index (κ2) is 4.07. The highest BCUT2D eigenvalue weighted by Gasteiger charge is 2.04. The molecule has 2 heterocycles. The Morgan fingerprint density at radius 2 is 2.06 bits per heavy atom. The standard InChI is InChI=1S/C13H10BrNS/c14-12-4-1-5-13-11(12)6-7-15(13)9-10-3-2-8-16-10/h1-8H,9H2. The SMILES string of the molecule is Brc1cccc2c1ccn2Cc1cccs1. The second-order valence-electron chi connectivity index (χ2n) is 3.70. The zero-order valence-corrected chi connectivity index (χ0v) is 11.0. The van der Waals surface area contributed by atoms with Crippen LogP contribution in [-0.4, -0.2) is 4.57 Å². The Labute approximate surface area is 106 Å². The van der Waals surface area contributed by atoms with E-state index in [1.807, 2.05) is 0 Å². The largest absolute Gasteiger partial charge is 0.342 e. The number of aromatic nitrogens is 1. The maximum absolute atomic E-state index is 3.58. The lowest BCUT2D eigenvalue weighted by Gasteiger charge is -2.03. The van der Waals surface area contributed by atoms with Crippen LogP contribution in [0.15, 0.2) is 52.4 Å². The molecule has 2 aromatic heterocycles. The molecular formula is C13H10BrNS. The molecule has 0 unspecified atom stereocenters. The highest BCUT2D eigenvalue weighted by Crippen LogP contribution is 2.25. The molecule has 0 spiro atoms. The summed E-state index contributed by atoms with van der Waals surface area (Å²) < 4.78 is 3.45. The molecule has 0 amide bonds. The van der Waals surface area contributed by atoms with Crippen LogP contribution in [-0.2, 0) is 6.54 Å². The van der Waals surface area contributed by atoms with Crippen LogP contribution in [0, 0.1) is 0 Å². The molecule has 0 atom stereocenters. The molecule has 0 aliphatic carbocycles. The van der Waals surface area contributed by atoms with Gasteiger partial charge >= 0.3 is 0 Å². The summed E-state index contributed by atoms with van der Waals surface area (Å²) in [6, 6.07) is 12.8. The van der Waals surface area contributed by atoms with E-state index < -0.39 is 0 Å². The molecule has 0 aliphatic rings. The number of hydrogen-bond donors (Lipinski definition) is 0. The van der Waals surface area contributed by atoms with Crippen molar-refractivity contribution in [2.24, 2.45) is 0 Å². The molecule has 0 N–H and O–H groups in total. The minimum absolute atomic E-state index is 0.956. The summed E-state index contributed by atoms with van der Waals surface area (Å²) in [6.07, 6.45) is 2.15. The van der Waals surface area contributed by atoms with E-state index in [4.69, 9.17) is 0 Å². The quantitative estimate of drug-likeness (QED) is 0.654. The van der Waals surface area contributed by atoms with Crippen molar-refractivity contribution in [2.75, 3.05) is 0 Å². The third kappa shape index (κ3) is 1.70. The Bertz CT molecular complexity index is 610. The lowest BCUT2D eigenvalue weighted by Crippen LogP contribution is -1.94. The fourth-order valence-electron chi connectivity index (χ4n) is 1.89. The van der Waals surface area contributed by atoms with E-state index in [9.17, 15) is 0 Å². The van der Waals surface area contributed by atoms with E-state index in [1.165, 1.54) is 15.8 Å². The first kappa shape index (κ1) is 10.1. The third-order valence-corrected chi connectivity index (χ3v) is 4.22. The van der Waals surface area contributed by atoms with Crippen molar-refractivity contribution in [1.29, 1.82) is 0 Å². The summed E-state index contributed by atoms with van der Waals surface area (Å²) in [4.78, 5) is 1.39. The topological polar surface area (TPSA) is 4.93 Å². The van der Waals surface area contributed by atoms with Gasteiger partial charge in [-0.3, -0.25) is 0 Å². The normalized spacial score (nSPS) is 11.1. The van der Waals surface area contributed by atoms with Gasteiger partial charge < -0.3 is 4.57 Å². The molecule has 0 saturated heterocycles. The van der Waals surface area contributed by atoms with Gasteiger partial charge in [0.15, 0.2) is 0 Å². The van der Waals surface area contributed by atoms with Crippen LogP contribution >= 0.6 is 27.3 Å². The van der Waals surface area contributed by atoms with Gasteiger partial charge in [-0.05, 0) is 29.6 Å². The van der Waals surface area contributed by atoms with E-state index in [0.29, 0.717) is 0 Å². The first-order valence-electron chi connectivity index (χ1n) is 5.10. The molecular weight excluding hydrogens is 282 g/mol. The fraction of sp³-hybridized carbons (Fsp3) is 0.0769. The number of hydrogen-bond acceptors (Lipinski definition) is 1. The van der Waals surface area contributed by atoms with E-state index in [2.05, 4.69) is 68.5 Å². The molecule has 0 bridgehead atoms. The summed E-state index contributed by atoms with van der Waals surface area (Å²) >= 11 is 5.38. The van der Waals surface area contributed by atoms with Crippen LogP contribution < -0.4 is 0 Å². The minimum Gasteiger partial charge on any atom is -0.342 e. The monoisotopic (exact) mass is 291 g/mol. The Balaban J connectivity index is 2.08. The third-order valence-electron chi connectivity index (χ3n) is 2.67. The molecule has 1 aromatic carbocycles. The van der Waals surface area contributed by atoms with Crippen LogP contribution in [0.25, 0.3) is 10.9 Å². The molecule has 3 aromatic rings. The summed E-state index contributed by atoms with van der Waals surface area (Å²) in [5.74, 6) is 0. The predicted octanol–water partition coefficient (Wildman–Crippen LogP) is 4.51. The van der Waals surface area contributed by atoms with Crippen molar-refractivity contribution in [2.45, 2.75) is 6.54 Å². The van der Waals surface area contributed by atoms with Gasteiger partial charge in [-0.1, -0.05) is 28.1 Å². The van der Waals surface area contributed by atoms with Crippen LogP contribution in [0.3, 0.4) is 0 Å². The van der Waals surface area contributed by atoms with Gasteiger partial charge in [-0.25, -0.2) is 0 Å². The molecule has 16 heavy (non-hydrogen) atoms. The number of benzene rings is 1. The average Bonchev–Trinajstić information content (AvgIpc) is 2.90. The minimum atomic E-state index is 0.956. The first-order valence-corrected chi connectivity index (χ1v) is 6.77. The predicted molar refractivity (Wildman–Crippen MR) is 73.1 cm³/mol. The van der Waals surface area contributed by atoms with Gasteiger partial charge in [0.25, 0.3) is 0 Å². The van der Waals surface area contributed by atoms with Crippen molar-refractivity contribution in [3.05, 3.63) is 57.3 Å². The summed E-state index contributed by atoms with van der Waals surface area (Å²) in [7, 11) is 0. The number of thiophene rings is 1. The first-order chi connectivity index (χ1) is 7.84. The number of halogens is 1. The van der Waals surface area contributed by atoms with E-state index in [1.54, 1.807) is 11.3 Å². The molecule has 1 nitrogen and oxygen atoms in total. The highest BCUT2D eigenvalue weighted by atomic mass is 79.9. The van der Waals surface area contributed by atoms with Gasteiger partial charge in [0.2, 0.25) is 0 Å². The molecule has 3 heteroatoms. The second-order valence-corrected chi connectivity index (χ2v) is 5.58. The van der Waals surface area contributed by atoms with E-state index >= 15 is 0 Å². The Morgan fingerprint density at radius 3 is 2.88 bits per heavy atom. The lowest BCUT2D eigenvalue weighted by molar-refractivity contribution is 0.851. The summed E-state index contributed by atoms with van der Waals surface area (Å²) in [5, 5.41) is 3.40. The zero-order valence-electron chi connectivity index (χ0n) is 8.56. The maximum Gasteiger partial charge on any atom is 0.0569 e. The molecule has 0 radical (unpaired) electrons. The van der Waals surface area contributed by atoms with Gasteiger partial charge in [-0.2, -0.15) is 0 Å². The van der Waals surface area contributed by atoms with Gasteiger partial charge in [-0.15, -0.1) is 11.3 Å². The number of fused-ring (bicyclic) bond motifs is 1. The summed E-state index contributed by atoms with van der Waals surface area (Å²) in [6.45, 7) is 0.956. The molecule has 80 valence electrons. The Hall–Kier alpha value is -1.06. The van der Waals surface area contributed by atoms with Crippen molar-refractivity contribution >= 4 is 38.2 Å². The Kier molecular flexibility index (Phi) is 2.58. The van der Waals surface area contributed by atoms with Crippen molar-refractivity contribution < 1.29 is 0 Å². The van der Waals surface area contributed by atoms with Crippen molar-refractivity contribution in [3.8, 4) is 0 Å². The molecule has 0 fully saturated rings. The zero-order chi connectivity index (χ0) is 11.0. The highest BCUT2D eigenvalue weighted by molar-refractivity contribution is 9.10. The summed E-state index contributed by atoms with van der Waals surface area (Å²) in [5.41, 5.74) is 1.28. The van der Waals surface area contributed by atoms with E-state index in [-0.39, 0.29) is 0 Å². The number of nitrogens with zero attached hydrogens (tertiary/aromatic N) is 1. The van der Waals surface area contributed by atoms with Gasteiger partial charge in [0.1, 0.15) is 0 Å². The fourth-order valence-corrected chi connectivity index (χ4v) is 3.08. The molecule has 0 saturated carbocycles. The van der Waals surface area contributed by atoms with Crippen LogP contribution in [0.4, 0.5) is 0 Å².